The average Bonchev–Trinajstić information content (AvgIpc) is 3.16. The van der Waals surface area contributed by atoms with Crippen molar-refractivity contribution in [2.24, 2.45) is 0 Å². The summed E-state index contributed by atoms with van der Waals surface area (Å²) in [6.45, 7) is 2.19. The van der Waals surface area contributed by atoms with E-state index in [4.69, 9.17) is 10.5 Å². The number of Topliss-reactive ketones (excluding diaryl/α,β-unsaturated/α-hetero) is 1. The number of nitrogens with two attached hydrogens (primary N) is 1. The van der Waals surface area contributed by atoms with Crippen molar-refractivity contribution in [3.63, 3.8) is 0 Å². The fraction of sp³-hybridized carbons (Fsp3) is 0.250. The normalized spacial score (nSPS) is 11.1. The molecule has 4 rings (SSSR count). The molecule has 0 bridgehead atoms. The fourth-order valence-corrected chi connectivity index (χ4v) is 3.79. The van der Waals surface area contributed by atoms with Gasteiger partial charge in [0, 0.05) is 12.1 Å². The lowest BCUT2D eigenvalue weighted by Gasteiger charge is -2.10. The minimum absolute atomic E-state index is 0.0536. The third-order valence-corrected chi connectivity index (χ3v) is 5.47. The van der Waals surface area contributed by atoms with Crippen LogP contribution in [0.15, 0.2) is 64.2 Å². The van der Waals surface area contributed by atoms with E-state index in [1.54, 1.807) is 24.3 Å². The number of carbonyl (C=O) groups is 1. The number of fused-ring (bicyclic) bond motifs is 1. The van der Waals surface area contributed by atoms with E-state index in [9.17, 15) is 14.4 Å². The Morgan fingerprint density at radius 2 is 1.82 bits per heavy atom. The highest BCUT2D eigenvalue weighted by atomic mass is 16.5. The molecule has 0 unspecified atom stereocenters. The van der Waals surface area contributed by atoms with Gasteiger partial charge in [-0.1, -0.05) is 49.4 Å². The molecule has 0 radical (unpaired) electrons. The molecule has 2 aromatic heterocycles. The number of hydrogen-bond donors (Lipinski definition) is 1. The number of rotatable bonds is 8. The Morgan fingerprint density at radius 3 is 2.52 bits per heavy atom. The molecule has 0 saturated heterocycles. The zero-order chi connectivity index (χ0) is 23.5. The predicted molar refractivity (Wildman–Crippen MR) is 126 cm³/mol. The topological polar surface area (TPSA) is 114 Å². The summed E-state index contributed by atoms with van der Waals surface area (Å²) in [7, 11) is 1.52. The van der Waals surface area contributed by atoms with E-state index in [0.717, 1.165) is 5.56 Å². The Labute approximate surface area is 189 Å². The van der Waals surface area contributed by atoms with E-state index >= 15 is 0 Å². The van der Waals surface area contributed by atoms with Crippen molar-refractivity contribution in [1.82, 2.24) is 18.9 Å². The monoisotopic (exact) mass is 447 g/mol. The molecule has 170 valence electrons. The second kappa shape index (κ2) is 9.15. The van der Waals surface area contributed by atoms with E-state index in [1.165, 1.54) is 20.9 Å². The van der Waals surface area contributed by atoms with Gasteiger partial charge in [0.05, 0.1) is 13.7 Å². The SMILES string of the molecule is CCCn1c(=O)c2c(N)n(CC(=O)c3cccc(OC)c3)nc2n(Cc2ccccc2)c1=O. The number of anilines is 1. The van der Waals surface area contributed by atoms with Crippen molar-refractivity contribution in [3.05, 3.63) is 86.6 Å². The lowest BCUT2D eigenvalue weighted by Crippen LogP contribution is -2.40. The average molecular weight is 447 g/mol. The van der Waals surface area contributed by atoms with Crippen LogP contribution in [0.4, 0.5) is 5.82 Å². The molecule has 0 aliphatic rings. The lowest BCUT2D eigenvalue weighted by atomic mass is 10.1. The third kappa shape index (κ3) is 4.17. The Balaban J connectivity index is 1.84. The van der Waals surface area contributed by atoms with Crippen molar-refractivity contribution >= 4 is 22.6 Å². The molecule has 0 saturated carbocycles. The number of carbonyl (C=O) groups excluding carboxylic acids is 1. The summed E-state index contributed by atoms with van der Waals surface area (Å²) >= 11 is 0. The van der Waals surface area contributed by atoms with E-state index in [2.05, 4.69) is 5.10 Å². The van der Waals surface area contributed by atoms with Gasteiger partial charge < -0.3 is 10.5 Å². The molecule has 0 atom stereocenters. The summed E-state index contributed by atoms with van der Waals surface area (Å²) in [4.78, 5) is 39.2. The van der Waals surface area contributed by atoms with Crippen molar-refractivity contribution in [1.29, 1.82) is 0 Å². The molecule has 2 N–H and O–H groups in total. The maximum atomic E-state index is 13.2. The Hall–Kier alpha value is -4.14. The smallest absolute Gasteiger partial charge is 0.333 e. The van der Waals surface area contributed by atoms with Gasteiger partial charge in [0.25, 0.3) is 5.56 Å². The first-order valence-electron chi connectivity index (χ1n) is 10.7. The van der Waals surface area contributed by atoms with E-state index < -0.39 is 11.2 Å². The van der Waals surface area contributed by atoms with E-state index in [1.807, 2.05) is 37.3 Å². The number of nitrogens with zero attached hydrogens (tertiary/aromatic N) is 4. The molecule has 9 heteroatoms. The van der Waals surface area contributed by atoms with Crippen molar-refractivity contribution < 1.29 is 9.53 Å². The van der Waals surface area contributed by atoms with Crippen LogP contribution in [0.2, 0.25) is 0 Å². The maximum Gasteiger partial charge on any atom is 0.333 e. The number of ether oxygens (including phenoxy) is 1. The Bertz CT molecular complexity index is 1430. The highest BCUT2D eigenvalue weighted by molar-refractivity contribution is 5.97. The summed E-state index contributed by atoms with van der Waals surface area (Å²) in [5, 5.41) is 4.57. The van der Waals surface area contributed by atoms with Gasteiger partial charge in [0.15, 0.2) is 11.4 Å². The predicted octanol–water partition coefficient (Wildman–Crippen LogP) is 2.29. The van der Waals surface area contributed by atoms with Crippen LogP contribution in [0.5, 0.6) is 5.75 Å². The lowest BCUT2D eigenvalue weighted by molar-refractivity contribution is 0.0968. The summed E-state index contributed by atoms with van der Waals surface area (Å²) in [5.41, 5.74) is 6.81. The van der Waals surface area contributed by atoms with Gasteiger partial charge in [0.2, 0.25) is 0 Å². The highest BCUT2D eigenvalue weighted by Crippen LogP contribution is 2.19. The first-order chi connectivity index (χ1) is 15.9. The van der Waals surface area contributed by atoms with Crippen LogP contribution in [0.25, 0.3) is 11.0 Å². The first-order valence-corrected chi connectivity index (χ1v) is 10.7. The number of methoxy groups -OCH3 is 1. The van der Waals surface area contributed by atoms with Gasteiger partial charge in [-0.2, -0.15) is 5.10 Å². The second-order valence-electron chi connectivity index (χ2n) is 7.71. The van der Waals surface area contributed by atoms with Crippen LogP contribution in [-0.2, 0) is 19.6 Å². The molecule has 2 heterocycles. The standard InChI is InChI=1S/C24H25N5O4/c1-3-12-27-23(31)20-21(25)29(15-19(30)17-10-7-11-18(13-17)33-2)26-22(20)28(24(27)32)14-16-8-5-4-6-9-16/h4-11,13H,3,12,14-15,25H2,1-2H3. The fourth-order valence-electron chi connectivity index (χ4n) is 3.79. The number of nitrogen functional groups attached to an aromatic ring is 1. The number of benzene rings is 2. The molecule has 0 aliphatic carbocycles. The molecular formula is C24H25N5O4. The number of aromatic nitrogens is 4. The van der Waals surface area contributed by atoms with Crippen molar-refractivity contribution in [3.8, 4) is 5.75 Å². The molecule has 0 spiro atoms. The minimum Gasteiger partial charge on any atom is -0.497 e. The highest BCUT2D eigenvalue weighted by Gasteiger charge is 2.22. The van der Waals surface area contributed by atoms with Crippen molar-refractivity contribution in [2.45, 2.75) is 33.0 Å². The third-order valence-electron chi connectivity index (χ3n) is 5.47. The van der Waals surface area contributed by atoms with Crippen LogP contribution in [0, 0.1) is 0 Å². The molecule has 9 nitrogen and oxygen atoms in total. The van der Waals surface area contributed by atoms with Gasteiger partial charge >= 0.3 is 5.69 Å². The molecule has 0 fully saturated rings. The molecule has 2 aromatic carbocycles. The largest absolute Gasteiger partial charge is 0.497 e. The zero-order valence-corrected chi connectivity index (χ0v) is 18.5. The Morgan fingerprint density at radius 1 is 1.06 bits per heavy atom. The van der Waals surface area contributed by atoms with Crippen molar-refractivity contribution in [2.75, 3.05) is 12.8 Å². The summed E-state index contributed by atoms with van der Waals surface area (Å²) < 4.78 is 9.08. The summed E-state index contributed by atoms with van der Waals surface area (Å²) in [6, 6.07) is 16.2. The number of hydrogen-bond acceptors (Lipinski definition) is 6. The minimum atomic E-state index is -0.501. The molecule has 0 amide bonds. The van der Waals surface area contributed by atoms with Crippen LogP contribution in [-0.4, -0.2) is 31.8 Å². The van der Waals surface area contributed by atoms with Gasteiger partial charge in [-0.05, 0) is 24.1 Å². The molecule has 0 aliphatic heterocycles. The zero-order valence-electron chi connectivity index (χ0n) is 18.5. The van der Waals surface area contributed by atoms with Gasteiger partial charge in [0.1, 0.15) is 23.5 Å². The summed E-state index contributed by atoms with van der Waals surface area (Å²) in [6.07, 6.45) is 0.606. The number of ketones is 1. The van der Waals surface area contributed by atoms with E-state index in [-0.39, 0.29) is 42.3 Å². The van der Waals surface area contributed by atoms with Gasteiger partial charge in [-0.15, -0.1) is 0 Å². The van der Waals surface area contributed by atoms with Crippen LogP contribution < -0.4 is 21.7 Å². The second-order valence-corrected chi connectivity index (χ2v) is 7.71. The molecular weight excluding hydrogens is 422 g/mol. The maximum absolute atomic E-state index is 13.2. The van der Waals surface area contributed by atoms with Crippen LogP contribution >= 0.6 is 0 Å². The van der Waals surface area contributed by atoms with Crippen LogP contribution in [0.1, 0.15) is 29.3 Å². The van der Waals surface area contributed by atoms with E-state index in [0.29, 0.717) is 17.7 Å². The first kappa shape index (κ1) is 22.1. The van der Waals surface area contributed by atoms with Gasteiger partial charge in [-0.3, -0.25) is 18.7 Å². The Kier molecular flexibility index (Phi) is 6.12. The van der Waals surface area contributed by atoms with Gasteiger partial charge in [-0.25, -0.2) is 9.48 Å². The quantitative estimate of drug-likeness (QED) is 0.415. The molecule has 33 heavy (non-hydrogen) atoms. The molecule has 4 aromatic rings. The van der Waals surface area contributed by atoms with Crippen LogP contribution in [0.3, 0.4) is 0 Å². The summed E-state index contributed by atoms with van der Waals surface area (Å²) in [5.74, 6) is 0.357.